The number of nitrogens with two attached hydrogens (primary N) is 1. The summed E-state index contributed by atoms with van der Waals surface area (Å²) < 4.78 is 0. The maximum absolute atomic E-state index is 12.4. The number of anilines is 2. The predicted molar refractivity (Wildman–Crippen MR) is 125 cm³/mol. The zero-order chi connectivity index (χ0) is 21.6. The van der Waals surface area contributed by atoms with Gasteiger partial charge in [-0.1, -0.05) is 36.4 Å². The molecule has 2 heterocycles. The van der Waals surface area contributed by atoms with Crippen LogP contribution in [0.4, 0.5) is 11.4 Å². The minimum Gasteiger partial charge on any atom is -0.399 e. The van der Waals surface area contributed by atoms with E-state index in [4.69, 9.17) is 5.73 Å². The molecule has 4 rings (SSSR count). The molecule has 0 saturated carbocycles. The van der Waals surface area contributed by atoms with Gasteiger partial charge in [0.05, 0.1) is 6.67 Å². The number of carbonyl (C=O) groups is 2. The highest BCUT2D eigenvalue weighted by atomic mass is 16.2. The van der Waals surface area contributed by atoms with Crippen LogP contribution in [0.2, 0.25) is 0 Å². The van der Waals surface area contributed by atoms with Gasteiger partial charge in [0.15, 0.2) is 6.29 Å². The fourth-order valence-electron chi connectivity index (χ4n) is 4.53. The Morgan fingerprint density at radius 2 is 1.94 bits per heavy atom. The molecule has 3 N–H and O–H groups in total. The van der Waals surface area contributed by atoms with Crippen molar-refractivity contribution in [1.29, 1.82) is 0 Å². The molecule has 2 aliphatic rings. The minimum atomic E-state index is -0.552. The second-order valence-electron chi connectivity index (χ2n) is 8.27. The molecule has 1 atom stereocenters. The standard InChI is InChI=1S/C25H30N4O2/c26-21-8-9-23-22(16-21)25(24(31)17-30)29(18-27-23)13-5-4-12-28-14-10-20(11-15-28)19-6-2-1-3-7-19/h1-3,6-10,16-17,25,27H,4-5,11-15,18,26H2. The summed E-state index contributed by atoms with van der Waals surface area (Å²) in [5.41, 5.74) is 10.9. The van der Waals surface area contributed by atoms with Crippen LogP contribution in [0.5, 0.6) is 0 Å². The number of unbranched alkanes of at least 4 members (excludes halogenated alkanes) is 1. The lowest BCUT2D eigenvalue weighted by Gasteiger charge is -2.36. The number of rotatable bonds is 8. The van der Waals surface area contributed by atoms with Crippen LogP contribution >= 0.6 is 0 Å². The number of nitrogens with zero attached hydrogens (tertiary/aromatic N) is 2. The Bertz CT molecular complexity index is 957. The monoisotopic (exact) mass is 418 g/mol. The lowest BCUT2D eigenvalue weighted by molar-refractivity contribution is -0.133. The molecule has 162 valence electrons. The van der Waals surface area contributed by atoms with E-state index in [1.54, 1.807) is 12.1 Å². The van der Waals surface area contributed by atoms with E-state index >= 15 is 0 Å². The number of hydrogen-bond donors (Lipinski definition) is 2. The number of ketones is 1. The highest BCUT2D eigenvalue weighted by molar-refractivity contribution is 6.27. The molecule has 0 radical (unpaired) electrons. The average molecular weight is 419 g/mol. The van der Waals surface area contributed by atoms with Crippen molar-refractivity contribution in [2.24, 2.45) is 0 Å². The van der Waals surface area contributed by atoms with E-state index in [0.29, 0.717) is 18.6 Å². The van der Waals surface area contributed by atoms with Crippen molar-refractivity contribution in [2.45, 2.75) is 25.3 Å². The number of hydrogen-bond acceptors (Lipinski definition) is 6. The van der Waals surface area contributed by atoms with Crippen LogP contribution in [0.15, 0.2) is 54.6 Å². The Hall–Kier alpha value is -2.96. The molecule has 0 aromatic heterocycles. The van der Waals surface area contributed by atoms with Gasteiger partial charge in [0.2, 0.25) is 5.78 Å². The molecule has 0 fully saturated rings. The van der Waals surface area contributed by atoms with Gasteiger partial charge in [-0.25, -0.2) is 0 Å². The van der Waals surface area contributed by atoms with Gasteiger partial charge in [-0.3, -0.25) is 19.4 Å². The Morgan fingerprint density at radius 3 is 2.68 bits per heavy atom. The number of nitrogens with one attached hydrogen (secondary N) is 1. The summed E-state index contributed by atoms with van der Waals surface area (Å²) in [6.07, 6.45) is 5.87. The van der Waals surface area contributed by atoms with E-state index in [1.165, 1.54) is 11.1 Å². The van der Waals surface area contributed by atoms with Gasteiger partial charge in [0.1, 0.15) is 6.04 Å². The van der Waals surface area contributed by atoms with E-state index in [1.807, 2.05) is 11.0 Å². The second-order valence-corrected chi connectivity index (χ2v) is 8.27. The molecule has 0 bridgehead atoms. The second kappa shape index (κ2) is 9.90. The van der Waals surface area contributed by atoms with Crippen molar-refractivity contribution in [3.63, 3.8) is 0 Å². The van der Waals surface area contributed by atoms with Crippen LogP contribution in [-0.2, 0) is 9.59 Å². The van der Waals surface area contributed by atoms with Crippen molar-refractivity contribution < 1.29 is 9.59 Å². The Kier molecular flexibility index (Phi) is 6.79. The predicted octanol–water partition coefficient (Wildman–Crippen LogP) is 3.33. The third-order valence-electron chi connectivity index (χ3n) is 6.20. The zero-order valence-electron chi connectivity index (χ0n) is 17.8. The molecule has 0 saturated heterocycles. The smallest absolute Gasteiger partial charge is 0.216 e. The van der Waals surface area contributed by atoms with Gasteiger partial charge >= 0.3 is 0 Å². The van der Waals surface area contributed by atoms with Gasteiger partial charge in [-0.2, -0.15) is 0 Å². The Morgan fingerprint density at radius 1 is 1.13 bits per heavy atom. The Labute approximate surface area is 183 Å². The van der Waals surface area contributed by atoms with E-state index in [0.717, 1.165) is 56.7 Å². The number of benzene rings is 2. The fraction of sp³-hybridized carbons (Fsp3) is 0.360. The number of carbonyl (C=O) groups excluding carboxylic acids is 2. The van der Waals surface area contributed by atoms with Crippen LogP contribution in [0.3, 0.4) is 0 Å². The molecule has 1 unspecified atom stereocenters. The van der Waals surface area contributed by atoms with Crippen molar-refractivity contribution in [3.05, 3.63) is 65.7 Å². The van der Waals surface area contributed by atoms with Gasteiger partial charge < -0.3 is 11.1 Å². The fourth-order valence-corrected chi connectivity index (χ4v) is 4.53. The number of aldehydes is 1. The SMILES string of the molecule is Nc1ccc2c(c1)C(C(=O)C=O)N(CCCCN1CC=C(c3ccccc3)CC1)CN2. The van der Waals surface area contributed by atoms with E-state index in [2.05, 4.69) is 46.6 Å². The highest BCUT2D eigenvalue weighted by Crippen LogP contribution is 2.34. The molecule has 6 heteroatoms. The lowest BCUT2D eigenvalue weighted by atomic mass is 9.96. The summed E-state index contributed by atoms with van der Waals surface area (Å²) in [7, 11) is 0. The summed E-state index contributed by atoms with van der Waals surface area (Å²) in [6.45, 7) is 4.40. The topological polar surface area (TPSA) is 78.7 Å². The first-order chi connectivity index (χ1) is 15.2. The van der Waals surface area contributed by atoms with Gasteiger partial charge in [-0.05, 0) is 55.1 Å². The molecule has 0 spiro atoms. The summed E-state index contributed by atoms with van der Waals surface area (Å²) in [6, 6.07) is 15.5. The van der Waals surface area contributed by atoms with Crippen molar-refractivity contribution in [3.8, 4) is 0 Å². The van der Waals surface area contributed by atoms with Crippen LogP contribution in [0.25, 0.3) is 5.57 Å². The molecule has 2 aromatic rings. The number of fused-ring (bicyclic) bond motifs is 1. The number of nitrogen functional groups attached to an aromatic ring is 1. The summed E-state index contributed by atoms with van der Waals surface area (Å²) in [4.78, 5) is 28.2. The molecule has 0 amide bonds. The van der Waals surface area contributed by atoms with Crippen molar-refractivity contribution in [2.75, 3.05) is 43.9 Å². The molecule has 2 aromatic carbocycles. The van der Waals surface area contributed by atoms with Gasteiger partial charge in [0.25, 0.3) is 0 Å². The third kappa shape index (κ3) is 5.03. The molecule has 0 aliphatic carbocycles. The van der Waals surface area contributed by atoms with Crippen molar-refractivity contribution in [1.82, 2.24) is 9.80 Å². The van der Waals surface area contributed by atoms with E-state index in [-0.39, 0.29) is 0 Å². The van der Waals surface area contributed by atoms with E-state index < -0.39 is 11.8 Å². The lowest BCUT2D eigenvalue weighted by Crippen LogP contribution is -2.42. The molecular weight excluding hydrogens is 388 g/mol. The first-order valence-electron chi connectivity index (χ1n) is 11.0. The van der Waals surface area contributed by atoms with E-state index in [9.17, 15) is 9.59 Å². The highest BCUT2D eigenvalue weighted by Gasteiger charge is 2.32. The zero-order valence-corrected chi connectivity index (χ0v) is 17.8. The average Bonchev–Trinajstić information content (AvgIpc) is 2.82. The van der Waals surface area contributed by atoms with Crippen LogP contribution in [-0.4, -0.2) is 54.7 Å². The first-order valence-corrected chi connectivity index (χ1v) is 11.0. The normalized spacial score (nSPS) is 19.2. The molecule has 31 heavy (non-hydrogen) atoms. The van der Waals surface area contributed by atoms with Crippen molar-refractivity contribution >= 4 is 29.0 Å². The summed E-state index contributed by atoms with van der Waals surface area (Å²) in [5, 5.41) is 3.34. The summed E-state index contributed by atoms with van der Waals surface area (Å²) >= 11 is 0. The molecule has 6 nitrogen and oxygen atoms in total. The van der Waals surface area contributed by atoms with Crippen LogP contribution in [0.1, 0.15) is 36.4 Å². The molecule has 2 aliphatic heterocycles. The third-order valence-corrected chi connectivity index (χ3v) is 6.20. The first kappa shape index (κ1) is 21.3. The van der Waals surface area contributed by atoms with Gasteiger partial charge in [-0.15, -0.1) is 0 Å². The van der Waals surface area contributed by atoms with Crippen LogP contribution in [0, 0.1) is 0 Å². The summed E-state index contributed by atoms with van der Waals surface area (Å²) in [5.74, 6) is -0.414. The Balaban J connectivity index is 1.29. The maximum Gasteiger partial charge on any atom is 0.216 e. The van der Waals surface area contributed by atoms with Gasteiger partial charge in [0, 0.05) is 36.6 Å². The maximum atomic E-state index is 12.4. The minimum absolute atomic E-state index is 0.414. The molecular formula is C25H30N4O2. The quantitative estimate of drug-likeness (QED) is 0.296. The number of Topliss-reactive ketones (excluding diaryl/α,β-unsaturated/α-hetero) is 1. The largest absolute Gasteiger partial charge is 0.399 e. The van der Waals surface area contributed by atoms with Crippen LogP contribution < -0.4 is 11.1 Å².